The lowest BCUT2D eigenvalue weighted by molar-refractivity contribution is 0.0648. The Hall–Kier alpha value is -1.75. The lowest BCUT2D eigenvalue weighted by Gasteiger charge is -2.25. The van der Waals surface area contributed by atoms with Gasteiger partial charge in [-0.2, -0.15) is 0 Å². The van der Waals surface area contributed by atoms with E-state index in [9.17, 15) is 9.90 Å². The third-order valence-electron chi connectivity index (χ3n) is 3.74. The van der Waals surface area contributed by atoms with E-state index < -0.39 is 0 Å². The van der Waals surface area contributed by atoms with Crippen LogP contribution in [0.4, 0.5) is 5.69 Å². The quantitative estimate of drug-likeness (QED) is 0.802. The van der Waals surface area contributed by atoms with Gasteiger partial charge in [0, 0.05) is 23.9 Å². The van der Waals surface area contributed by atoms with Crippen molar-refractivity contribution in [1.29, 1.82) is 0 Å². The van der Waals surface area contributed by atoms with Gasteiger partial charge in [0.1, 0.15) is 5.75 Å². The lowest BCUT2D eigenvalue weighted by Crippen LogP contribution is -2.39. The van der Waals surface area contributed by atoms with Crippen LogP contribution in [0.25, 0.3) is 0 Å². The zero-order chi connectivity index (χ0) is 14.0. The van der Waals surface area contributed by atoms with Gasteiger partial charge in [-0.05, 0) is 24.5 Å². The van der Waals surface area contributed by atoms with E-state index in [-0.39, 0.29) is 18.6 Å². The molecule has 0 aromatic heterocycles. The van der Waals surface area contributed by atoms with Gasteiger partial charge in [0.15, 0.2) is 0 Å². The first-order chi connectivity index (χ1) is 9.06. The molecule has 1 aromatic carbocycles. The summed E-state index contributed by atoms with van der Waals surface area (Å²) in [6.07, 6.45) is 0.913. The van der Waals surface area contributed by atoms with Crippen molar-refractivity contribution in [2.75, 3.05) is 26.0 Å². The molecule has 2 atom stereocenters. The molecule has 0 radical (unpaired) electrons. The van der Waals surface area contributed by atoms with Gasteiger partial charge in [-0.3, -0.25) is 4.79 Å². The first kappa shape index (κ1) is 13.7. The SMILES string of the molecule is COc1cc(N)cc(C(=O)N2CCC(C)C2CO)c1. The van der Waals surface area contributed by atoms with Crippen molar-refractivity contribution in [3.05, 3.63) is 23.8 Å². The average Bonchev–Trinajstić information content (AvgIpc) is 2.78. The van der Waals surface area contributed by atoms with Crippen LogP contribution in [0.5, 0.6) is 5.75 Å². The standard InChI is InChI=1S/C14H20N2O3/c1-9-3-4-16(13(9)8-17)14(18)10-5-11(15)7-12(6-10)19-2/h5-7,9,13,17H,3-4,8,15H2,1-2H3. The number of aliphatic hydroxyl groups excluding tert-OH is 1. The van der Waals surface area contributed by atoms with Crippen LogP contribution < -0.4 is 10.5 Å². The molecule has 1 saturated heterocycles. The maximum absolute atomic E-state index is 12.5. The largest absolute Gasteiger partial charge is 0.497 e. The smallest absolute Gasteiger partial charge is 0.254 e. The zero-order valence-electron chi connectivity index (χ0n) is 11.3. The Morgan fingerprint density at radius 2 is 2.26 bits per heavy atom. The Morgan fingerprint density at radius 3 is 2.89 bits per heavy atom. The monoisotopic (exact) mass is 264 g/mol. The fraction of sp³-hybridized carbons (Fsp3) is 0.500. The molecule has 104 valence electrons. The van der Waals surface area contributed by atoms with Crippen molar-refractivity contribution in [2.45, 2.75) is 19.4 Å². The van der Waals surface area contributed by atoms with Gasteiger partial charge in [0.2, 0.25) is 0 Å². The number of rotatable bonds is 3. The Labute approximate surface area is 113 Å². The maximum atomic E-state index is 12.5. The molecule has 0 saturated carbocycles. The first-order valence-corrected chi connectivity index (χ1v) is 6.43. The van der Waals surface area contributed by atoms with E-state index in [2.05, 4.69) is 0 Å². The number of hydrogen-bond acceptors (Lipinski definition) is 4. The summed E-state index contributed by atoms with van der Waals surface area (Å²) in [4.78, 5) is 14.2. The van der Waals surface area contributed by atoms with Crippen LogP contribution in [0.3, 0.4) is 0 Å². The third kappa shape index (κ3) is 2.66. The van der Waals surface area contributed by atoms with Crippen LogP contribution in [0.2, 0.25) is 0 Å². The van der Waals surface area contributed by atoms with E-state index in [1.165, 1.54) is 7.11 Å². The highest BCUT2D eigenvalue weighted by atomic mass is 16.5. The van der Waals surface area contributed by atoms with Crippen molar-refractivity contribution in [3.63, 3.8) is 0 Å². The molecule has 2 rings (SSSR count). The van der Waals surface area contributed by atoms with Gasteiger partial charge in [-0.15, -0.1) is 0 Å². The predicted molar refractivity (Wildman–Crippen MR) is 73.1 cm³/mol. The number of nitrogens with zero attached hydrogens (tertiary/aromatic N) is 1. The van der Waals surface area contributed by atoms with E-state index in [4.69, 9.17) is 10.5 Å². The first-order valence-electron chi connectivity index (χ1n) is 6.43. The predicted octanol–water partition coefficient (Wildman–Crippen LogP) is 1.12. The summed E-state index contributed by atoms with van der Waals surface area (Å²) < 4.78 is 5.12. The summed E-state index contributed by atoms with van der Waals surface area (Å²) in [5.41, 5.74) is 6.77. The summed E-state index contributed by atoms with van der Waals surface area (Å²) >= 11 is 0. The number of benzene rings is 1. The molecule has 0 bridgehead atoms. The summed E-state index contributed by atoms with van der Waals surface area (Å²) in [6, 6.07) is 4.88. The second-order valence-corrected chi connectivity index (χ2v) is 5.01. The number of carbonyl (C=O) groups is 1. The Balaban J connectivity index is 2.26. The van der Waals surface area contributed by atoms with Gasteiger partial charge in [-0.1, -0.05) is 6.92 Å². The van der Waals surface area contributed by atoms with Crippen LogP contribution in [-0.2, 0) is 0 Å². The molecular formula is C14H20N2O3. The van der Waals surface area contributed by atoms with E-state index in [1.807, 2.05) is 6.92 Å². The molecule has 5 nitrogen and oxygen atoms in total. The highest BCUT2D eigenvalue weighted by Crippen LogP contribution is 2.27. The second-order valence-electron chi connectivity index (χ2n) is 5.01. The number of carbonyl (C=O) groups excluding carboxylic acids is 1. The van der Waals surface area contributed by atoms with Crippen LogP contribution >= 0.6 is 0 Å². The number of amides is 1. The Bertz CT molecular complexity index is 476. The molecule has 1 heterocycles. The van der Waals surface area contributed by atoms with E-state index >= 15 is 0 Å². The fourth-order valence-corrected chi connectivity index (χ4v) is 2.57. The van der Waals surface area contributed by atoms with Gasteiger partial charge >= 0.3 is 0 Å². The molecule has 1 fully saturated rings. The number of anilines is 1. The van der Waals surface area contributed by atoms with Crippen LogP contribution in [0.1, 0.15) is 23.7 Å². The molecule has 1 aliphatic heterocycles. The average molecular weight is 264 g/mol. The molecule has 5 heteroatoms. The van der Waals surface area contributed by atoms with Crippen molar-refractivity contribution < 1.29 is 14.6 Å². The summed E-state index contributed by atoms with van der Waals surface area (Å²) in [7, 11) is 1.54. The molecule has 1 aromatic rings. The van der Waals surface area contributed by atoms with Crippen molar-refractivity contribution >= 4 is 11.6 Å². The van der Waals surface area contributed by atoms with Gasteiger partial charge < -0.3 is 20.5 Å². The minimum absolute atomic E-state index is 0.00758. The maximum Gasteiger partial charge on any atom is 0.254 e. The zero-order valence-corrected chi connectivity index (χ0v) is 11.3. The minimum atomic E-state index is -0.111. The Kier molecular flexibility index (Phi) is 3.95. The van der Waals surface area contributed by atoms with Gasteiger partial charge in [-0.25, -0.2) is 0 Å². The fourth-order valence-electron chi connectivity index (χ4n) is 2.57. The van der Waals surface area contributed by atoms with Gasteiger partial charge in [0.05, 0.1) is 19.8 Å². The number of ether oxygens (including phenoxy) is 1. The highest BCUT2D eigenvalue weighted by Gasteiger charge is 2.34. The molecule has 19 heavy (non-hydrogen) atoms. The number of nitrogen functional groups attached to an aromatic ring is 1. The lowest BCUT2D eigenvalue weighted by atomic mass is 10.0. The Morgan fingerprint density at radius 1 is 1.53 bits per heavy atom. The molecule has 2 unspecified atom stereocenters. The van der Waals surface area contributed by atoms with E-state index in [0.717, 1.165) is 6.42 Å². The highest BCUT2D eigenvalue weighted by molar-refractivity contribution is 5.96. The number of likely N-dealkylation sites (tertiary alicyclic amines) is 1. The summed E-state index contributed by atoms with van der Waals surface area (Å²) in [6.45, 7) is 2.71. The third-order valence-corrected chi connectivity index (χ3v) is 3.74. The van der Waals surface area contributed by atoms with Crippen molar-refractivity contribution in [1.82, 2.24) is 4.90 Å². The molecular weight excluding hydrogens is 244 g/mol. The molecule has 3 N–H and O–H groups in total. The topological polar surface area (TPSA) is 75.8 Å². The van der Waals surface area contributed by atoms with Crippen LogP contribution in [-0.4, -0.2) is 42.2 Å². The van der Waals surface area contributed by atoms with Crippen molar-refractivity contribution in [3.8, 4) is 5.75 Å². The normalized spacial score (nSPS) is 22.6. The number of hydrogen-bond donors (Lipinski definition) is 2. The van der Waals surface area contributed by atoms with E-state index in [0.29, 0.717) is 29.5 Å². The number of methoxy groups -OCH3 is 1. The number of aliphatic hydroxyl groups is 1. The summed E-state index contributed by atoms with van der Waals surface area (Å²) in [5, 5.41) is 9.41. The molecule has 0 aliphatic carbocycles. The molecule has 0 spiro atoms. The van der Waals surface area contributed by atoms with Crippen LogP contribution in [0, 0.1) is 5.92 Å². The molecule has 1 aliphatic rings. The van der Waals surface area contributed by atoms with E-state index in [1.54, 1.807) is 23.1 Å². The van der Waals surface area contributed by atoms with Crippen molar-refractivity contribution in [2.24, 2.45) is 5.92 Å². The summed E-state index contributed by atoms with van der Waals surface area (Å²) in [5.74, 6) is 0.780. The van der Waals surface area contributed by atoms with Crippen LogP contribution in [0.15, 0.2) is 18.2 Å². The van der Waals surface area contributed by atoms with Gasteiger partial charge in [0.25, 0.3) is 5.91 Å². The molecule has 1 amide bonds. The second kappa shape index (κ2) is 5.48. The number of nitrogens with two attached hydrogens (primary N) is 1. The minimum Gasteiger partial charge on any atom is -0.497 e.